The van der Waals surface area contributed by atoms with Crippen LogP contribution in [0.3, 0.4) is 0 Å². The van der Waals surface area contributed by atoms with Crippen molar-refractivity contribution in [1.29, 1.82) is 0 Å². The first-order valence-electron chi connectivity index (χ1n) is 6.78. The van der Waals surface area contributed by atoms with E-state index in [1.807, 2.05) is 54.6 Å². The lowest BCUT2D eigenvalue weighted by molar-refractivity contribution is 0.110. The quantitative estimate of drug-likeness (QED) is 0.444. The van der Waals surface area contributed by atoms with Gasteiger partial charge in [-0.3, -0.25) is 4.79 Å². The zero-order valence-corrected chi connectivity index (χ0v) is 13.2. The van der Waals surface area contributed by atoms with Crippen LogP contribution in [-0.4, -0.2) is 6.29 Å². The van der Waals surface area contributed by atoms with Gasteiger partial charge in [-0.25, -0.2) is 0 Å². The van der Waals surface area contributed by atoms with E-state index in [2.05, 4.69) is 0 Å². The van der Waals surface area contributed by atoms with Crippen LogP contribution in [0.2, 0.25) is 5.02 Å². The normalized spacial score (nSPS) is 10.6. The topological polar surface area (TPSA) is 30.2 Å². The minimum Gasteiger partial charge on any atom is -0.453 e. The Morgan fingerprint density at radius 3 is 2.55 bits per heavy atom. The summed E-state index contributed by atoms with van der Waals surface area (Å²) in [4.78, 5) is 11.9. The Morgan fingerprint density at radius 2 is 1.77 bits per heavy atom. The fraction of sp³-hybridized carbons (Fsp3) is 0.0556. The SMILES string of the molecule is O=Cc1ccc(-c2ccccc2SCc2ccccc2Cl)o1. The molecule has 0 radical (unpaired) electrons. The fourth-order valence-electron chi connectivity index (χ4n) is 2.13. The van der Waals surface area contributed by atoms with Gasteiger partial charge < -0.3 is 4.42 Å². The molecule has 0 aliphatic carbocycles. The Morgan fingerprint density at radius 1 is 1.00 bits per heavy atom. The number of hydrogen-bond acceptors (Lipinski definition) is 3. The number of rotatable bonds is 5. The first kappa shape index (κ1) is 14.9. The second-order valence-corrected chi connectivity index (χ2v) is 6.12. The first-order valence-corrected chi connectivity index (χ1v) is 8.15. The fourth-order valence-corrected chi connectivity index (χ4v) is 3.47. The van der Waals surface area contributed by atoms with Crippen molar-refractivity contribution < 1.29 is 9.21 Å². The molecule has 3 aromatic rings. The number of thioether (sulfide) groups is 1. The number of carbonyl (C=O) groups is 1. The summed E-state index contributed by atoms with van der Waals surface area (Å²) in [7, 11) is 0. The van der Waals surface area contributed by atoms with Crippen LogP contribution in [0.15, 0.2) is 70.0 Å². The number of furan rings is 1. The molecular weight excluding hydrogens is 316 g/mol. The second-order valence-electron chi connectivity index (χ2n) is 4.70. The molecule has 1 heterocycles. The molecule has 0 saturated heterocycles. The summed E-state index contributed by atoms with van der Waals surface area (Å²) < 4.78 is 5.53. The van der Waals surface area contributed by atoms with E-state index in [9.17, 15) is 4.79 Å². The lowest BCUT2D eigenvalue weighted by Gasteiger charge is -2.08. The van der Waals surface area contributed by atoms with Crippen LogP contribution in [0.1, 0.15) is 16.1 Å². The van der Waals surface area contributed by atoms with Crippen molar-refractivity contribution in [3.05, 3.63) is 77.0 Å². The molecule has 0 saturated carbocycles. The summed E-state index contributed by atoms with van der Waals surface area (Å²) >= 11 is 7.89. The molecule has 3 rings (SSSR count). The maximum atomic E-state index is 10.8. The molecule has 0 fully saturated rings. The number of carbonyl (C=O) groups excluding carboxylic acids is 1. The molecule has 0 aliphatic heterocycles. The van der Waals surface area contributed by atoms with Crippen LogP contribution >= 0.6 is 23.4 Å². The van der Waals surface area contributed by atoms with Crippen molar-refractivity contribution >= 4 is 29.6 Å². The standard InChI is InChI=1S/C18H13ClO2S/c19-16-7-3-1-5-13(16)12-22-18-8-4-2-6-15(18)17-10-9-14(11-20)21-17/h1-11H,12H2. The molecule has 0 spiro atoms. The summed E-state index contributed by atoms with van der Waals surface area (Å²) in [6.07, 6.45) is 0.711. The third-order valence-corrected chi connectivity index (χ3v) is 4.73. The van der Waals surface area contributed by atoms with Gasteiger partial charge in [0.15, 0.2) is 12.0 Å². The predicted octanol–water partition coefficient (Wildman–Crippen LogP) is 5.70. The Bertz CT molecular complexity index is 795. The molecule has 22 heavy (non-hydrogen) atoms. The monoisotopic (exact) mass is 328 g/mol. The van der Waals surface area contributed by atoms with Crippen molar-refractivity contribution in [2.45, 2.75) is 10.6 Å². The van der Waals surface area contributed by atoms with Gasteiger partial charge in [-0.2, -0.15) is 0 Å². The molecule has 0 bridgehead atoms. The van der Waals surface area contributed by atoms with Crippen molar-refractivity contribution in [1.82, 2.24) is 0 Å². The van der Waals surface area contributed by atoms with Crippen LogP contribution in [0.25, 0.3) is 11.3 Å². The summed E-state index contributed by atoms with van der Waals surface area (Å²) in [5.74, 6) is 1.81. The van der Waals surface area contributed by atoms with Gasteiger partial charge in [-0.05, 0) is 29.8 Å². The molecule has 0 N–H and O–H groups in total. The van der Waals surface area contributed by atoms with E-state index in [4.69, 9.17) is 16.0 Å². The number of benzene rings is 2. The van der Waals surface area contributed by atoms with Crippen LogP contribution < -0.4 is 0 Å². The highest BCUT2D eigenvalue weighted by molar-refractivity contribution is 7.98. The largest absolute Gasteiger partial charge is 0.453 e. The van der Waals surface area contributed by atoms with Crippen molar-refractivity contribution in [2.75, 3.05) is 0 Å². The zero-order valence-electron chi connectivity index (χ0n) is 11.7. The van der Waals surface area contributed by atoms with Gasteiger partial charge in [0, 0.05) is 21.2 Å². The van der Waals surface area contributed by atoms with Gasteiger partial charge >= 0.3 is 0 Å². The van der Waals surface area contributed by atoms with Gasteiger partial charge in [-0.1, -0.05) is 48.0 Å². The van der Waals surface area contributed by atoms with E-state index in [0.29, 0.717) is 17.8 Å². The predicted molar refractivity (Wildman–Crippen MR) is 90.5 cm³/mol. The van der Waals surface area contributed by atoms with Crippen LogP contribution in [0.4, 0.5) is 0 Å². The maximum absolute atomic E-state index is 10.8. The third kappa shape index (κ3) is 3.26. The lowest BCUT2D eigenvalue weighted by Crippen LogP contribution is -1.84. The van der Waals surface area contributed by atoms with E-state index in [-0.39, 0.29) is 0 Å². The summed E-state index contributed by atoms with van der Waals surface area (Å²) in [5.41, 5.74) is 2.07. The molecule has 0 unspecified atom stereocenters. The second kappa shape index (κ2) is 6.86. The highest BCUT2D eigenvalue weighted by atomic mass is 35.5. The Kier molecular flexibility index (Phi) is 4.66. The van der Waals surface area contributed by atoms with Gasteiger partial charge in [0.25, 0.3) is 0 Å². The van der Waals surface area contributed by atoms with Crippen molar-refractivity contribution in [3.8, 4) is 11.3 Å². The molecule has 1 aromatic heterocycles. The van der Waals surface area contributed by atoms with Gasteiger partial charge in [0.1, 0.15) is 5.76 Å². The van der Waals surface area contributed by atoms with Crippen molar-refractivity contribution in [2.24, 2.45) is 0 Å². The van der Waals surface area contributed by atoms with E-state index in [0.717, 1.165) is 26.8 Å². The first-order chi connectivity index (χ1) is 10.8. The van der Waals surface area contributed by atoms with Crippen LogP contribution in [0.5, 0.6) is 0 Å². The number of aldehydes is 1. The zero-order chi connectivity index (χ0) is 15.4. The van der Waals surface area contributed by atoms with Crippen LogP contribution in [-0.2, 0) is 5.75 Å². The maximum Gasteiger partial charge on any atom is 0.185 e. The number of halogens is 1. The van der Waals surface area contributed by atoms with Crippen molar-refractivity contribution in [3.63, 3.8) is 0 Å². The van der Waals surface area contributed by atoms with E-state index in [1.165, 1.54) is 0 Å². The molecule has 2 nitrogen and oxygen atoms in total. The molecule has 0 aliphatic rings. The molecule has 0 atom stereocenters. The molecule has 4 heteroatoms. The minimum atomic E-state index is 0.334. The summed E-state index contributed by atoms with van der Waals surface area (Å²) in [6.45, 7) is 0. The summed E-state index contributed by atoms with van der Waals surface area (Å²) in [5, 5.41) is 0.772. The van der Waals surface area contributed by atoms with Crippen LogP contribution in [0, 0.1) is 0 Å². The average Bonchev–Trinajstić information content (AvgIpc) is 3.03. The minimum absolute atomic E-state index is 0.334. The average molecular weight is 329 g/mol. The third-order valence-electron chi connectivity index (χ3n) is 3.24. The smallest absolute Gasteiger partial charge is 0.185 e. The molecule has 2 aromatic carbocycles. The Balaban J connectivity index is 1.85. The van der Waals surface area contributed by atoms with Gasteiger partial charge in [0.05, 0.1) is 0 Å². The van der Waals surface area contributed by atoms with E-state index >= 15 is 0 Å². The van der Waals surface area contributed by atoms with Gasteiger partial charge in [0.2, 0.25) is 0 Å². The lowest BCUT2D eigenvalue weighted by atomic mass is 10.2. The Labute approximate surface area is 138 Å². The number of hydrogen-bond donors (Lipinski definition) is 0. The highest BCUT2D eigenvalue weighted by Gasteiger charge is 2.10. The molecular formula is C18H13ClO2S. The molecule has 0 amide bonds. The summed E-state index contributed by atoms with van der Waals surface area (Å²) in [6, 6.07) is 19.3. The van der Waals surface area contributed by atoms with E-state index in [1.54, 1.807) is 17.8 Å². The highest BCUT2D eigenvalue weighted by Crippen LogP contribution is 2.35. The Hall–Kier alpha value is -1.97. The molecule has 110 valence electrons. The van der Waals surface area contributed by atoms with E-state index < -0.39 is 0 Å². The van der Waals surface area contributed by atoms with Gasteiger partial charge in [-0.15, -0.1) is 11.8 Å².